The summed E-state index contributed by atoms with van der Waals surface area (Å²) in [6.45, 7) is 3.88. The van der Waals surface area contributed by atoms with Gasteiger partial charge in [-0.2, -0.15) is 0 Å². The Morgan fingerprint density at radius 1 is 1.15 bits per heavy atom. The maximum atomic E-state index is 13.4. The molecular weight excluding hydrogens is 257 g/mol. The molecule has 0 heterocycles. The van der Waals surface area contributed by atoms with Crippen molar-refractivity contribution in [3.63, 3.8) is 0 Å². The van der Waals surface area contributed by atoms with E-state index in [1.54, 1.807) is 13.2 Å². The van der Waals surface area contributed by atoms with Crippen LogP contribution in [0.2, 0.25) is 0 Å². The zero-order chi connectivity index (χ0) is 14.9. The van der Waals surface area contributed by atoms with Crippen molar-refractivity contribution in [1.29, 1.82) is 0 Å². The Kier molecular flexibility index (Phi) is 3.95. The summed E-state index contributed by atoms with van der Waals surface area (Å²) in [6, 6.07) is 7.63. The number of hydrogen-bond acceptors (Lipinski definition) is 3. The average molecular weight is 275 g/mol. The van der Waals surface area contributed by atoms with E-state index in [-0.39, 0.29) is 0 Å². The first-order chi connectivity index (χ1) is 9.45. The van der Waals surface area contributed by atoms with E-state index in [0.29, 0.717) is 22.6 Å². The number of aryl methyl sites for hydroxylation is 1. The molecule has 3 nitrogen and oxygen atoms in total. The van der Waals surface area contributed by atoms with Gasteiger partial charge in [0, 0.05) is 16.8 Å². The van der Waals surface area contributed by atoms with Crippen LogP contribution in [0.25, 0.3) is 0 Å². The number of benzene rings is 2. The molecular formula is C16H18FNO2. The van der Waals surface area contributed by atoms with E-state index in [4.69, 9.17) is 10.5 Å². The maximum absolute atomic E-state index is 13.4. The number of nitrogens with two attached hydrogens (primary N) is 1. The number of ether oxygens (including phenoxy) is 1. The molecule has 2 rings (SSSR count). The zero-order valence-electron chi connectivity index (χ0n) is 11.8. The van der Waals surface area contributed by atoms with E-state index in [1.807, 2.05) is 19.9 Å². The molecule has 1 unspecified atom stereocenters. The molecule has 4 heteroatoms. The number of anilines is 1. The SMILES string of the molecule is COc1c(C(O)c2cc(F)ccc2N)ccc(C)c1C. The highest BCUT2D eigenvalue weighted by Crippen LogP contribution is 2.36. The Balaban J connectivity index is 2.56. The molecule has 0 bridgehead atoms. The van der Waals surface area contributed by atoms with Gasteiger partial charge in [0.05, 0.1) is 7.11 Å². The minimum Gasteiger partial charge on any atom is -0.496 e. The monoisotopic (exact) mass is 275 g/mol. The van der Waals surface area contributed by atoms with Gasteiger partial charge in [-0.1, -0.05) is 12.1 Å². The van der Waals surface area contributed by atoms with Gasteiger partial charge in [0.25, 0.3) is 0 Å². The van der Waals surface area contributed by atoms with E-state index in [2.05, 4.69) is 0 Å². The number of nitrogen functional groups attached to an aromatic ring is 1. The largest absolute Gasteiger partial charge is 0.496 e. The molecule has 20 heavy (non-hydrogen) atoms. The van der Waals surface area contributed by atoms with Gasteiger partial charge in [-0.3, -0.25) is 0 Å². The van der Waals surface area contributed by atoms with Crippen LogP contribution in [0.5, 0.6) is 5.75 Å². The first-order valence-electron chi connectivity index (χ1n) is 6.32. The smallest absolute Gasteiger partial charge is 0.128 e. The van der Waals surface area contributed by atoms with Gasteiger partial charge >= 0.3 is 0 Å². The normalized spacial score (nSPS) is 12.2. The highest BCUT2D eigenvalue weighted by molar-refractivity contribution is 5.55. The summed E-state index contributed by atoms with van der Waals surface area (Å²) in [5, 5.41) is 10.5. The molecule has 0 saturated heterocycles. The molecule has 2 aromatic rings. The topological polar surface area (TPSA) is 55.5 Å². The third kappa shape index (κ3) is 2.47. The van der Waals surface area contributed by atoms with Crippen LogP contribution in [-0.2, 0) is 0 Å². The molecule has 0 aromatic heterocycles. The molecule has 0 aliphatic carbocycles. The highest BCUT2D eigenvalue weighted by Gasteiger charge is 2.20. The number of hydrogen-bond donors (Lipinski definition) is 2. The molecule has 3 N–H and O–H groups in total. The lowest BCUT2D eigenvalue weighted by Gasteiger charge is -2.19. The van der Waals surface area contributed by atoms with E-state index < -0.39 is 11.9 Å². The average Bonchev–Trinajstić information content (AvgIpc) is 2.43. The van der Waals surface area contributed by atoms with Gasteiger partial charge in [-0.15, -0.1) is 0 Å². The van der Waals surface area contributed by atoms with E-state index in [9.17, 15) is 9.50 Å². The van der Waals surface area contributed by atoms with Gasteiger partial charge in [-0.25, -0.2) is 4.39 Å². The van der Waals surface area contributed by atoms with Crippen molar-refractivity contribution >= 4 is 5.69 Å². The summed E-state index contributed by atoms with van der Waals surface area (Å²) in [6.07, 6.45) is -1.03. The molecule has 0 radical (unpaired) electrons. The van der Waals surface area contributed by atoms with Gasteiger partial charge in [0.15, 0.2) is 0 Å². The van der Waals surface area contributed by atoms with Crippen LogP contribution in [0.15, 0.2) is 30.3 Å². The standard InChI is InChI=1S/C16H18FNO2/c1-9-4-6-12(16(20-3)10(9)2)15(19)13-8-11(17)5-7-14(13)18/h4-8,15,19H,18H2,1-3H3. The Hall–Kier alpha value is -2.07. The molecule has 2 aromatic carbocycles. The minimum atomic E-state index is -1.03. The van der Waals surface area contributed by atoms with Gasteiger partial charge in [0.2, 0.25) is 0 Å². The second-order valence-corrected chi connectivity index (χ2v) is 4.81. The highest BCUT2D eigenvalue weighted by atomic mass is 19.1. The van der Waals surface area contributed by atoms with Crippen molar-refractivity contribution < 1.29 is 14.2 Å². The predicted molar refractivity (Wildman–Crippen MR) is 77.3 cm³/mol. The lowest BCUT2D eigenvalue weighted by molar-refractivity contribution is 0.214. The molecule has 0 aliphatic heterocycles. The second kappa shape index (κ2) is 5.51. The van der Waals surface area contributed by atoms with Crippen LogP contribution in [0.1, 0.15) is 28.4 Å². The minimum absolute atomic E-state index is 0.339. The Bertz CT molecular complexity index is 641. The summed E-state index contributed by atoms with van der Waals surface area (Å²) in [5.41, 5.74) is 9.09. The lowest BCUT2D eigenvalue weighted by Crippen LogP contribution is -2.07. The first kappa shape index (κ1) is 14.3. The summed E-state index contributed by atoms with van der Waals surface area (Å²) in [7, 11) is 1.55. The number of rotatable bonds is 3. The zero-order valence-corrected chi connectivity index (χ0v) is 11.8. The molecule has 0 saturated carbocycles. The fraction of sp³-hybridized carbons (Fsp3) is 0.250. The number of methoxy groups -OCH3 is 1. The van der Waals surface area contributed by atoms with E-state index in [1.165, 1.54) is 18.2 Å². The van der Waals surface area contributed by atoms with Crippen LogP contribution in [0.4, 0.5) is 10.1 Å². The van der Waals surface area contributed by atoms with Crippen LogP contribution in [0, 0.1) is 19.7 Å². The van der Waals surface area contributed by atoms with Crippen molar-refractivity contribution in [3.8, 4) is 5.75 Å². The summed E-state index contributed by atoms with van der Waals surface area (Å²) < 4.78 is 18.7. The van der Waals surface area contributed by atoms with Gasteiger partial charge in [0.1, 0.15) is 17.7 Å². The predicted octanol–water partition coefficient (Wildman–Crippen LogP) is 3.12. The van der Waals surface area contributed by atoms with Crippen molar-refractivity contribution in [1.82, 2.24) is 0 Å². The van der Waals surface area contributed by atoms with Crippen molar-refractivity contribution in [2.75, 3.05) is 12.8 Å². The second-order valence-electron chi connectivity index (χ2n) is 4.81. The fourth-order valence-corrected chi connectivity index (χ4v) is 2.25. The number of aliphatic hydroxyl groups is 1. The lowest BCUT2D eigenvalue weighted by atomic mass is 9.95. The number of halogens is 1. The molecule has 0 amide bonds. The van der Waals surface area contributed by atoms with Crippen molar-refractivity contribution in [3.05, 3.63) is 58.4 Å². The van der Waals surface area contributed by atoms with Crippen LogP contribution in [0.3, 0.4) is 0 Å². The molecule has 0 aliphatic rings. The summed E-state index contributed by atoms with van der Waals surface area (Å²) >= 11 is 0. The summed E-state index contributed by atoms with van der Waals surface area (Å²) in [4.78, 5) is 0. The maximum Gasteiger partial charge on any atom is 0.128 e. The quantitative estimate of drug-likeness (QED) is 0.846. The van der Waals surface area contributed by atoms with Gasteiger partial charge < -0.3 is 15.6 Å². The van der Waals surface area contributed by atoms with E-state index in [0.717, 1.165) is 11.1 Å². The van der Waals surface area contributed by atoms with Crippen LogP contribution >= 0.6 is 0 Å². The first-order valence-corrected chi connectivity index (χ1v) is 6.32. The third-order valence-corrected chi connectivity index (χ3v) is 3.55. The summed E-state index contributed by atoms with van der Waals surface area (Å²) in [5.74, 6) is 0.164. The molecule has 0 fully saturated rings. The van der Waals surface area contributed by atoms with E-state index >= 15 is 0 Å². The van der Waals surface area contributed by atoms with Gasteiger partial charge in [-0.05, 0) is 43.2 Å². The number of aliphatic hydroxyl groups excluding tert-OH is 1. The van der Waals surface area contributed by atoms with Crippen molar-refractivity contribution in [2.45, 2.75) is 20.0 Å². The molecule has 1 atom stereocenters. The Morgan fingerprint density at radius 3 is 2.50 bits per heavy atom. The van der Waals surface area contributed by atoms with Crippen molar-refractivity contribution in [2.24, 2.45) is 0 Å². The third-order valence-electron chi connectivity index (χ3n) is 3.55. The fourth-order valence-electron chi connectivity index (χ4n) is 2.25. The van der Waals surface area contributed by atoms with Crippen LogP contribution < -0.4 is 10.5 Å². The Labute approximate surface area is 117 Å². The van der Waals surface area contributed by atoms with Crippen LogP contribution in [-0.4, -0.2) is 12.2 Å². The molecule has 0 spiro atoms. The Morgan fingerprint density at radius 2 is 1.85 bits per heavy atom. The molecule has 106 valence electrons.